The van der Waals surface area contributed by atoms with Crippen molar-refractivity contribution in [3.05, 3.63) is 77.9 Å². The highest BCUT2D eigenvalue weighted by Crippen LogP contribution is 2.37. The van der Waals surface area contributed by atoms with Gasteiger partial charge in [0.15, 0.2) is 29.0 Å². The van der Waals surface area contributed by atoms with Crippen LogP contribution in [0.3, 0.4) is 0 Å². The number of aryl methyl sites for hydroxylation is 2. The summed E-state index contributed by atoms with van der Waals surface area (Å²) in [7, 11) is 0. The van der Waals surface area contributed by atoms with Crippen LogP contribution in [0.4, 0.5) is 0 Å². The summed E-state index contributed by atoms with van der Waals surface area (Å²) in [6.07, 6.45) is 11.9. The maximum atomic E-state index is 11.2. The molecule has 1 aromatic heterocycles. The number of aliphatic hydroxyl groups is 1. The minimum absolute atomic E-state index is 0.00479. The Kier molecular flexibility index (Phi) is 13.8. The minimum Gasteiger partial charge on any atom is -0.504 e. The third-order valence-corrected chi connectivity index (χ3v) is 8.03. The van der Waals surface area contributed by atoms with Crippen molar-refractivity contribution >= 4 is 0 Å². The molecule has 7 nitrogen and oxygen atoms in total. The van der Waals surface area contributed by atoms with Gasteiger partial charge in [-0.25, -0.2) is 15.0 Å². The van der Waals surface area contributed by atoms with E-state index in [1.54, 1.807) is 18.2 Å². The highest BCUT2D eigenvalue weighted by molar-refractivity contribution is 5.73. The lowest BCUT2D eigenvalue weighted by Gasteiger charge is -2.15. The van der Waals surface area contributed by atoms with Gasteiger partial charge in [0.05, 0.1) is 12.2 Å². The van der Waals surface area contributed by atoms with E-state index in [0.717, 1.165) is 35.1 Å². The number of aromatic hydroxyl groups is 1. The summed E-state index contributed by atoms with van der Waals surface area (Å²) in [6.45, 7) is 7.09. The predicted octanol–water partition coefficient (Wildman–Crippen LogP) is 8.87. The molecular weight excluding hydrogens is 562 g/mol. The molecule has 3 aromatic carbocycles. The lowest BCUT2D eigenvalue weighted by Crippen LogP contribution is -2.23. The Hall–Kier alpha value is -3.81. The van der Waals surface area contributed by atoms with Crippen LogP contribution in [0.5, 0.6) is 11.5 Å². The quantitative estimate of drug-likeness (QED) is 0.102. The first-order valence-electron chi connectivity index (χ1n) is 16.6. The normalized spacial score (nSPS) is 11.9. The molecule has 0 fully saturated rings. The summed E-state index contributed by atoms with van der Waals surface area (Å²) in [5, 5.41) is 21.7. The van der Waals surface area contributed by atoms with Gasteiger partial charge in [-0.15, -0.1) is 0 Å². The van der Waals surface area contributed by atoms with Crippen molar-refractivity contribution in [3.63, 3.8) is 0 Å². The van der Waals surface area contributed by atoms with Crippen molar-refractivity contribution in [2.75, 3.05) is 19.8 Å². The number of para-hydroxylation sites is 1. The fourth-order valence-electron chi connectivity index (χ4n) is 5.35. The van der Waals surface area contributed by atoms with Gasteiger partial charge >= 0.3 is 0 Å². The maximum absolute atomic E-state index is 11.2. The third-order valence-electron chi connectivity index (χ3n) is 8.03. The van der Waals surface area contributed by atoms with Gasteiger partial charge in [0.25, 0.3) is 0 Å². The largest absolute Gasteiger partial charge is 0.504 e. The number of hydrogen-bond acceptors (Lipinski definition) is 7. The van der Waals surface area contributed by atoms with Crippen molar-refractivity contribution in [2.24, 2.45) is 0 Å². The zero-order chi connectivity index (χ0) is 31.9. The van der Waals surface area contributed by atoms with Gasteiger partial charge in [0, 0.05) is 17.7 Å². The maximum Gasteiger partial charge on any atom is 0.168 e. The third kappa shape index (κ3) is 10.4. The molecule has 1 heterocycles. The summed E-state index contributed by atoms with van der Waals surface area (Å²) in [5.74, 6) is 1.55. The van der Waals surface area contributed by atoms with E-state index in [9.17, 15) is 10.2 Å². The summed E-state index contributed by atoms with van der Waals surface area (Å²) < 4.78 is 11.5. The molecule has 45 heavy (non-hydrogen) atoms. The second-order valence-corrected chi connectivity index (χ2v) is 11.8. The molecule has 4 rings (SSSR count). The topological polar surface area (TPSA) is 97.6 Å². The van der Waals surface area contributed by atoms with Gasteiger partial charge in [0.2, 0.25) is 0 Å². The van der Waals surface area contributed by atoms with Gasteiger partial charge in [-0.1, -0.05) is 119 Å². The summed E-state index contributed by atoms with van der Waals surface area (Å²) in [5.41, 5.74) is 4.28. The predicted molar refractivity (Wildman–Crippen MR) is 181 cm³/mol. The van der Waals surface area contributed by atoms with Crippen LogP contribution in [0, 0.1) is 13.8 Å². The van der Waals surface area contributed by atoms with Crippen LogP contribution >= 0.6 is 0 Å². The van der Waals surface area contributed by atoms with Gasteiger partial charge < -0.3 is 19.7 Å². The highest BCUT2D eigenvalue weighted by atomic mass is 16.5. The smallest absolute Gasteiger partial charge is 0.168 e. The zero-order valence-corrected chi connectivity index (χ0v) is 27.2. The lowest BCUT2D eigenvalue weighted by atomic mass is 10.1. The Bertz CT molecular complexity index is 1410. The Morgan fingerprint density at radius 1 is 0.600 bits per heavy atom. The van der Waals surface area contributed by atoms with Gasteiger partial charge in [0.1, 0.15) is 12.7 Å². The number of aromatic nitrogens is 3. The molecule has 1 atom stereocenters. The number of phenolic OH excluding ortho intramolecular Hbond substituents is 1. The number of rotatable bonds is 19. The van der Waals surface area contributed by atoms with E-state index in [1.807, 2.05) is 62.4 Å². The number of benzene rings is 3. The van der Waals surface area contributed by atoms with Crippen LogP contribution in [0.2, 0.25) is 0 Å². The van der Waals surface area contributed by atoms with Crippen molar-refractivity contribution in [1.82, 2.24) is 15.0 Å². The fourth-order valence-corrected chi connectivity index (χ4v) is 5.35. The SMILES string of the molecule is CCCCCCCCCCCCOCC(O)COc1cccc(-c2nc(-c3ccccc3C)nc(-c3ccccc3C)n2)c1O. The Balaban J connectivity index is 1.35. The molecule has 0 bridgehead atoms. The molecule has 0 radical (unpaired) electrons. The standard InChI is InChI=1S/C38H49N3O4/c1-4-5-6-7-8-9-10-11-12-17-25-44-26-30(42)27-45-34-24-18-23-33(35(34)43)38-40-36(31-21-15-13-19-28(31)2)39-37(41-38)32-22-16-14-20-29(32)3/h13-16,18-24,30,42-43H,4-12,17,25-27H2,1-3H3. The molecule has 2 N–H and O–H groups in total. The lowest BCUT2D eigenvalue weighted by molar-refractivity contribution is 0.0105. The van der Waals surface area contributed by atoms with Gasteiger partial charge in [-0.2, -0.15) is 0 Å². The number of unbranched alkanes of at least 4 members (excludes halogenated alkanes) is 9. The average Bonchev–Trinajstić information content (AvgIpc) is 3.05. The van der Waals surface area contributed by atoms with Crippen LogP contribution in [0.25, 0.3) is 34.2 Å². The number of hydrogen-bond donors (Lipinski definition) is 2. The van der Waals surface area contributed by atoms with E-state index >= 15 is 0 Å². The molecule has 0 aliphatic rings. The molecule has 4 aromatic rings. The number of nitrogens with zero attached hydrogens (tertiary/aromatic N) is 3. The van der Waals surface area contributed by atoms with Crippen molar-refractivity contribution in [2.45, 2.75) is 91.1 Å². The molecule has 0 amide bonds. The summed E-state index contributed by atoms with van der Waals surface area (Å²) in [6, 6.07) is 21.1. The van der Waals surface area contributed by atoms with Crippen LogP contribution < -0.4 is 4.74 Å². The average molecular weight is 612 g/mol. The summed E-state index contributed by atoms with van der Waals surface area (Å²) >= 11 is 0. The molecule has 0 spiro atoms. The van der Waals surface area contributed by atoms with Crippen LogP contribution in [0.15, 0.2) is 66.7 Å². The molecular formula is C38H49N3O4. The van der Waals surface area contributed by atoms with E-state index in [-0.39, 0.29) is 24.7 Å². The van der Waals surface area contributed by atoms with Crippen molar-refractivity contribution < 1.29 is 19.7 Å². The highest BCUT2D eigenvalue weighted by Gasteiger charge is 2.19. The first-order chi connectivity index (χ1) is 22.0. The van der Waals surface area contributed by atoms with E-state index in [4.69, 9.17) is 24.4 Å². The Labute approximate surface area is 268 Å². The zero-order valence-electron chi connectivity index (χ0n) is 27.2. The Morgan fingerprint density at radius 2 is 1.09 bits per heavy atom. The van der Waals surface area contributed by atoms with E-state index < -0.39 is 6.10 Å². The first kappa shape index (κ1) is 34.1. The minimum atomic E-state index is -0.811. The number of ether oxygens (including phenoxy) is 2. The number of aliphatic hydroxyl groups excluding tert-OH is 1. The molecule has 0 saturated heterocycles. The molecule has 0 aliphatic heterocycles. The van der Waals surface area contributed by atoms with E-state index in [2.05, 4.69) is 6.92 Å². The second kappa shape index (κ2) is 18.2. The number of phenols is 1. The fraction of sp³-hybridized carbons (Fsp3) is 0.447. The van der Waals surface area contributed by atoms with Gasteiger partial charge in [-0.05, 0) is 43.5 Å². The second-order valence-electron chi connectivity index (χ2n) is 11.8. The first-order valence-corrected chi connectivity index (χ1v) is 16.6. The summed E-state index contributed by atoms with van der Waals surface area (Å²) in [4.78, 5) is 14.4. The molecule has 0 aliphatic carbocycles. The van der Waals surface area contributed by atoms with Crippen molar-refractivity contribution in [1.29, 1.82) is 0 Å². The van der Waals surface area contributed by atoms with Crippen LogP contribution in [0.1, 0.15) is 82.3 Å². The monoisotopic (exact) mass is 611 g/mol. The Morgan fingerprint density at radius 3 is 1.64 bits per heavy atom. The molecule has 7 heteroatoms. The molecule has 1 unspecified atom stereocenters. The van der Waals surface area contributed by atoms with Gasteiger partial charge in [-0.3, -0.25) is 0 Å². The van der Waals surface area contributed by atoms with Crippen LogP contribution in [-0.2, 0) is 4.74 Å². The molecule has 240 valence electrons. The molecule has 0 saturated carbocycles. The van der Waals surface area contributed by atoms with Crippen LogP contribution in [-0.4, -0.2) is 51.1 Å². The van der Waals surface area contributed by atoms with Crippen molar-refractivity contribution in [3.8, 4) is 45.7 Å². The van der Waals surface area contributed by atoms with E-state index in [1.165, 1.54) is 51.4 Å². The van der Waals surface area contributed by atoms with E-state index in [0.29, 0.717) is 29.6 Å².